The van der Waals surface area contributed by atoms with Gasteiger partial charge in [0.1, 0.15) is 11.6 Å². The summed E-state index contributed by atoms with van der Waals surface area (Å²) in [5.74, 6) is -1.80. The Morgan fingerprint density at radius 2 is 1.96 bits per heavy atom. The zero-order chi connectivity index (χ0) is 16.8. The average Bonchev–Trinajstić information content (AvgIpc) is 2.51. The molecule has 128 valence electrons. The molecule has 0 radical (unpaired) electrons. The molecule has 0 aliphatic carbocycles. The normalized spacial score (nSPS) is 18.0. The Kier molecular flexibility index (Phi) is 6.47. The Labute approximate surface area is 135 Å². The van der Waals surface area contributed by atoms with E-state index in [2.05, 4.69) is 9.80 Å². The summed E-state index contributed by atoms with van der Waals surface area (Å²) in [6.45, 7) is 6.09. The van der Waals surface area contributed by atoms with Crippen LogP contribution in [0.1, 0.15) is 37.8 Å². The summed E-state index contributed by atoms with van der Waals surface area (Å²) < 4.78 is 27.1. The van der Waals surface area contributed by atoms with Crippen LogP contribution in [0, 0.1) is 11.6 Å². The van der Waals surface area contributed by atoms with E-state index >= 15 is 0 Å². The highest BCUT2D eigenvalue weighted by Gasteiger charge is 2.25. The lowest BCUT2D eigenvalue weighted by Gasteiger charge is -2.39. The molecule has 6 heteroatoms. The van der Waals surface area contributed by atoms with E-state index in [1.54, 1.807) is 0 Å². The maximum atomic E-state index is 14.0. The third-order valence-electron chi connectivity index (χ3n) is 4.42. The molecule has 1 aromatic rings. The van der Waals surface area contributed by atoms with Crippen LogP contribution in [0.15, 0.2) is 18.2 Å². The predicted molar refractivity (Wildman–Crippen MR) is 84.3 cm³/mol. The molecule has 4 nitrogen and oxygen atoms in total. The summed E-state index contributed by atoms with van der Waals surface area (Å²) in [5, 5.41) is 8.67. The van der Waals surface area contributed by atoms with Crippen LogP contribution in [0.5, 0.6) is 0 Å². The quantitative estimate of drug-likeness (QED) is 0.837. The minimum atomic E-state index is -0.763. The fourth-order valence-electron chi connectivity index (χ4n) is 3.20. The van der Waals surface area contributed by atoms with Crippen molar-refractivity contribution in [1.82, 2.24) is 9.80 Å². The number of carboxylic acids is 1. The van der Waals surface area contributed by atoms with Crippen molar-refractivity contribution >= 4 is 5.97 Å². The van der Waals surface area contributed by atoms with Crippen molar-refractivity contribution in [2.75, 3.05) is 32.7 Å². The number of carboxylic acid groups (broad SMARTS) is 1. The Morgan fingerprint density at radius 1 is 1.26 bits per heavy atom. The van der Waals surface area contributed by atoms with Crippen molar-refractivity contribution in [3.05, 3.63) is 35.4 Å². The molecular formula is C17H24F2N2O2. The van der Waals surface area contributed by atoms with Crippen molar-refractivity contribution in [2.45, 2.75) is 32.2 Å². The molecule has 0 aromatic heterocycles. The van der Waals surface area contributed by atoms with E-state index in [1.807, 2.05) is 6.92 Å². The first-order chi connectivity index (χ1) is 11.0. The van der Waals surface area contributed by atoms with Crippen molar-refractivity contribution in [1.29, 1.82) is 0 Å². The molecule has 1 atom stereocenters. The van der Waals surface area contributed by atoms with Gasteiger partial charge in [-0.1, -0.05) is 13.0 Å². The molecule has 1 saturated heterocycles. The van der Waals surface area contributed by atoms with Gasteiger partial charge in [-0.25, -0.2) is 8.78 Å². The molecule has 0 bridgehead atoms. The van der Waals surface area contributed by atoms with E-state index in [0.29, 0.717) is 12.0 Å². The van der Waals surface area contributed by atoms with E-state index in [1.165, 1.54) is 12.1 Å². The van der Waals surface area contributed by atoms with Gasteiger partial charge in [-0.05, 0) is 25.5 Å². The van der Waals surface area contributed by atoms with Gasteiger partial charge in [-0.2, -0.15) is 0 Å². The van der Waals surface area contributed by atoms with Crippen LogP contribution in [0.2, 0.25) is 0 Å². The molecule has 0 spiro atoms. The molecule has 1 fully saturated rings. The van der Waals surface area contributed by atoms with Crippen molar-refractivity contribution in [2.24, 2.45) is 0 Å². The number of hydrogen-bond acceptors (Lipinski definition) is 3. The first-order valence-corrected chi connectivity index (χ1v) is 8.14. The molecule has 1 aliphatic heterocycles. The molecule has 23 heavy (non-hydrogen) atoms. The van der Waals surface area contributed by atoms with Crippen LogP contribution in [0.4, 0.5) is 8.78 Å². The lowest BCUT2D eigenvalue weighted by Crippen LogP contribution is -2.47. The second-order valence-electron chi connectivity index (χ2n) is 5.96. The molecule has 0 unspecified atom stereocenters. The summed E-state index contributed by atoms with van der Waals surface area (Å²) in [6.07, 6.45) is 1.61. The number of aliphatic carboxylic acids is 1. The van der Waals surface area contributed by atoms with Gasteiger partial charge in [-0.3, -0.25) is 9.69 Å². The number of nitrogens with zero attached hydrogens (tertiary/aromatic N) is 2. The summed E-state index contributed by atoms with van der Waals surface area (Å²) in [5.41, 5.74) is 0.549. The number of halogens is 2. The highest BCUT2D eigenvalue weighted by molar-refractivity contribution is 5.66. The van der Waals surface area contributed by atoms with Crippen LogP contribution in [0.3, 0.4) is 0 Å². The molecule has 0 saturated carbocycles. The Balaban J connectivity index is 1.90. The standard InChI is InChI=1S/C17H24F2N2O2/c1-2-16(14-6-5-13(18)12-15(14)19)21-10-8-20(9-11-21)7-3-4-17(22)23/h5-6,12,16H,2-4,7-11H2,1H3,(H,22,23)/t16-/m0/s1. The minimum absolute atomic E-state index is 0.0447. The lowest BCUT2D eigenvalue weighted by molar-refractivity contribution is -0.137. The van der Waals surface area contributed by atoms with E-state index in [-0.39, 0.29) is 12.5 Å². The zero-order valence-electron chi connectivity index (χ0n) is 13.5. The van der Waals surface area contributed by atoms with Crippen LogP contribution >= 0.6 is 0 Å². The number of carbonyl (C=O) groups is 1. The van der Waals surface area contributed by atoms with E-state index in [4.69, 9.17) is 5.11 Å². The molecule has 1 N–H and O–H groups in total. The maximum Gasteiger partial charge on any atom is 0.303 e. The van der Waals surface area contributed by atoms with E-state index < -0.39 is 17.6 Å². The largest absolute Gasteiger partial charge is 0.481 e. The molecular weight excluding hydrogens is 302 g/mol. The molecule has 2 rings (SSSR count). The van der Waals surface area contributed by atoms with Crippen LogP contribution in [0.25, 0.3) is 0 Å². The molecule has 0 amide bonds. The minimum Gasteiger partial charge on any atom is -0.481 e. The second-order valence-corrected chi connectivity index (χ2v) is 5.96. The number of rotatable bonds is 7. The predicted octanol–water partition coefficient (Wildman–Crippen LogP) is 2.90. The monoisotopic (exact) mass is 326 g/mol. The van der Waals surface area contributed by atoms with Crippen molar-refractivity contribution < 1.29 is 18.7 Å². The van der Waals surface area contributed by atoms with Crippen LogP contribution in [-0.2, 0) is 4.79 Å². The molecule has 1 aliphatic rings. The average molecular weight is 326 g/mol. The Hall–Kier alpha value is -1.53. The number of benzene rings is 1. The van der Waals surface area contributed by atoms with Gasteiger partial charge >= 0.3 is 5.97 Å². The SMILES string of the molecule is CC[C@@H](c1ccc(F)cc1F)N1CCN(CCCC(=O)O)CC1. The highest BCUT2D eigenvalue weighted by atomic mass is 19.1. The van der Waals surface area contributed by atoms with E-state index in [0.717, 1.165) is 45.2 Å². The first kappa shape index (κ1) is 17.8. The van der Waals surface area contributed by atoms with Gasteiger partial charge in [0.05, 0.1) is 0 Å². The summed E-state index contributed by atoms with van der Waals surface area (Å²) in [6, 6.07) is 3.75. The fraction of sp³-hybridized carbons (Fsp3) is 0.588. The van der Waals surface area contributed by atoms with Crippen molar-refractivity contribution in [3.63, 3.8) is 0 Å². The highest BCUT2D eigenvalue weighted by Crippen LogP contribution is 2.28. The van der Waals surface area contributed by atoms with Gasteiger partial charge < -0.3 is 10.0 Å². The summed E-state index contributed by atoms with van der Waals surface area (Å²) in [7, 11) is 0. The van der Waals surface area contributed by atoms with E-state index in [9.17, 15) is 13.6 Å². The Morgan fingerprint density at radius 3 is 2.52 bits per heavy atom. The smallest absolute Gasteiger partial charge is 0.303 e. The van der Waals surface area contributed by atoms with Crippen LogP contribution < -0.4 is 0 Å². The summed E-state index contributed by atoms with van der Waals surface area (Å²) >= 11 is 0. The van der Waals surface area contributed by atoms with Gasteiger partial charge in [0, 0.05) is 50.3 Å². The maximum absolute atomic E-state index is 14.0. The van der Waals surface area contributed by atoms with Gasteiger partial charge in [0.15, 0.2) is 0 Å². The van der Waals surface area contributed by atoms with Crippen LogP contribution in [-0.4, -0.2) is 53.6 Å². The molecule has 1 aromatic carbocycles. The van der Waals surface area contributed by atoms with Crippen molar-refractivity contribution in [3.8, 4) is 0 Å². The fourth-order valence-corrected chi connectivity index (χ4v) is 3.20. The summed E-state index contributed by atoms with van der Waals surface area (Å²) in [4.78, 5) is 15.0. The second kappa shape index (κ2) is 8.36. The lowest BCUT2D eigenvalue weighted by atomic mass is 10.0. The van der Waals surface area contributed by atoms with Gasteiger partial charge in [-0.15, -0.1) is 0 Å². The van der Waals surface area contributed by atoms with Gasteiger partial charge in [0.2, 0.25) is 0 Å². The topological polar surface area (TPSA) is 43.8 Å². The van der Waals surface area contributed by atoms with Gasteiger partial charge in [0.25, 0.3) is 0 Å². The molecule has 1 heterocycles. The zero-order valence-corrected chi connectivity index (χ0v) is 13.5. The first-order valence-electron chi connectivity index (χ1n) is 8.14. The Bertz CT molecular complexity index is 531. The third kappa shape index (κ3) is 4.97. The number of hydrogen-bond donors (Lipinski definition) is 1. The number of piperazine rings is 1. The third-order valence-corrected chi connectivity index (χ3v) is 4.42.